The van der Waals surface area contributed by atoms with Gasteiger partial charge in [0.1, 0.15) is 0 Å². The lowest BCUT2D eigenvalue weighted by Gasteiger charge is -2.37. The predicted octanol–water partition coefficient (Wildman–Crippen LogP) is 4.56. The quantitative estimate of drug-likeness (QED) is 0.776. The highest BCUT2D eigenvalue weighted by Crippen LogP contribution is 2.51. The number of hydrogen-bond acceptors (Lipinski definition) is 2. The molecule has 100 valence electrons. The fourth-order valence-electron chi connectivity index (χ4n) is 3.48. The molecule has 20 heavy (non-hydrogen) atoms. The minimum atomic E-state index is 0.297. The Hall–Kier alpha value is -1.80. The Labute approximate surface area is 123 Å². The predicted molar refractivity (Wildman–Crippen MR) is 82.0 cm³/mol. The van der Waals surface area contributed by atoms with Gasteiger partial charge in [-0.1, -0.05) is 35.9 Å². The first-order chi connectivity index (χ1) is 9.84. The molecule has 0 radical (unpaired) electrons. The standard InChI is InChI=1S/C17H15ClN2/c18-15-6-2-5-14-12-3-1-4-13(12)16(20-17(14)15)11-7-9-19-10-8-11/h1-3,5-10,12-13,16,20H,4H2/t12-,13+,16+/m1/s1. The minimum absolute atomic E-state index is 0.297. The zero-order valence-corrected chi connectivity index (χ0v) is 11.7. The third kappa shape index (κ3) is 1.75. The summed E-state index contributed by atoms with van der Waals surface area (Å²) in [5.41, 5.74) is 3.69. The van der Waals surface area contributed by atoms with Gasteiger partial charge >= 0.3 is 0 Å². The molecule has 1 aromatic carbocycles. The van der Waals surface area contributed by atoms with Crippen LogP contribution in [-0.2, 0) is 0 Å². The highest BCUT2D eigenvalue weighted by molar-refractivity contribution is 6.33. The van der Waals surface area contributed by atoms with Crippen LogP contribution in [0, 0.1) is 5.92 Å². The third-order valence-electron chi connectivity index (χ3n) is 4.41. The van der Waals surface area contributed by atoms with E-state index in [2.05, 4.69) is 40.7 Å². The van der Waals surface area contributed by atoms with Crippen LogP contribution in [0.5, 0.6) is 0 Å². The number of hydrogen-bond donors (Lipinski definition) is 1. The number of nitrogens with zero attached hydrogens (tertiary/aromatic N) is 1. The third-order valence-corrected chi connectivity index (χ3v) is 4.73. The molecule has 0 spiro atoms. The molecule has 1 aliphatic heterocycles. The number of benzene rings is 1. The number of fused-ring (bicyclic) bond motifs is 3. The summed E-state index contributed by atoms with van der Waals surface area (Å²) in [5, 5.41) is 4.46. The summed E-state index contributed by atoms with van der Waals surface area (Å²) in [4.78, 5) is 4.12. The minimum Gasteiger partial charge on any atom is -0.376 e. The molecule has 0 saturated heterocycles. The fourth-order valence-corrected chi connectivity index (χ4v) is 3.72. The molecule has 4 rings (SSSR count). The van der Waals surface area contributed by atoms with Crippen LogP contribution in [0.15, 0.2) is 54.9 Å². The van der Waals surface area contributed by atoms with E-state index < -0.39 is 0 Å². The summed E-state index contributed by atoms with van der Waals surface area (Å²) in [6, 6.07) is 10.7. The molecule has 0 bridgehead atoms. The molecular weight excluding hydrogens is 268 g/mol. The molecule has 2 nitrogen and oxygen atoms in total. The van der Waals surface area contributed by atoms with Gasteiger partial charge in [-0.15, -0.1) is 0 Å². The van der Waals surface area contributed by atoms with Crippen LogP contribution in [-0.4, -0.2) is 4.98 Å². The zero-order valence-electron chi connectivity index (χ0n) is 11.0. The fraction of sp³-hybridized carbons (Fsp3) is 0.235. The molecular formula is C17H15ClN2. The first-order valence-corrected chi connectivity index (χ1v) is 7.34. The van der Waals surface area contributed by atoms with Gasteiger partial charge in [-0.25, -0.2) is 0 Å². The van der Waals surface area contributed by atoms with E-state index >= 15 is 0 Å². The lowest BCUT2D eigenvalue weighted by Crippen LogP contribution is -2.29. The van der Waals surface area contributed by atoms with E-state index in [1.54, 1.807) is 0 Å². The number of halogens is 1. The second-order valence-electron chi connectivity index (χ2n) is 5.46. The van der Waals surface area contributed by atoms with Crippen molar-refractivity contribution in [3.8, 4) is 0 Å². The van der Waals surface area contributed by atoms with Gasteiger partial charge in [0, 0.05) is 18.3 Å². The number of nitrogens with one attached hydrogen (secondary N) is 1. The number of rotatable bonds is 1. The summed E-state index contributed by atoms with van der Waals surface area (Å²) in [6.07, 6.45) is 9.44. The molecule has 2 aliphatic rings. The van der Waals surface area contributed by atoms with E-state index in [0.717, 1.165) is 17.1 Å². The molecule has 0 unspecified atom stereocenters. The van der Waals surface area contributed by atoms with Crippen molar-refractivity contribution < 1.29 is 0 Å². The summed E-state index contributed by atoms with van der Waals surface area (Å²) in [6.45, 7) is 0. The number of aromatic nitrogens is 1. The molecule has 3 heteroatoms. The smallest absolute Gasteiger partial charge is 0.0640 e. The van der Waals surface area contributed by atoms with Gasteiger partial charge in [-0.05, 0) is 41.7 Å². The number of allylic oxidation sites excluding steroid dienone is 2. The molecule has 2 heterocycles. The van der Waals surface area contributed by atoms with E-state index in [1.165, 1.54) is 11.1 Å². The Bertz CT molecular complexity index is 666. The Balaban J connectivity index is 1.83. The normalized spacial score (nSPS) is 26.8. The van der Waals surface area contributed by atoms with Gasteiger partial charge in [0.15, 0.2) is 0 Å². The van der Waals surface area contributed by atoms with Crippen molar-refractivity contribution in [3.05, 3.63) is 71.0 Å². The summed E-state index contributed by atoms with van der Waals surface area (Å²) in [7, 11) is 0. The van der Waals surface area contributed by atoms with Crippen LogP contribution in [0.4, 0.5) is 5.69 Å². The summed E-state index contributed by atoms with van der Waals surface area (Å²) in [5.74, 6) is 1.02. The average molecular weight is 283 g/mol. The summed E-state index contributed by atoms with van der Waals surface area (Å²) >= 11 is 6.39. The SMILES string of the molecule is Clc1cccc2c1N[C@@H](c1ccncc1)[C@H]1CC=C[C@@H]21. The summed E-state index contributed by atoms with van der Waals surface area (Å²) < 4.78 is 0. The van der Waals surface area contributed by atoms with Gasteiger partial charge in [-0.3, -0.25) is 4.98 Å². The van der Waals surface area contributed by atoms with Gasteiger partial charge in [-0.2, -0.15) is 0 Å². The largest absolute Gasteiger partial charge is 0.376 e. The zero-order chi connectivity index (χ0) is 13.5. The molecule has 1 aliphatic carbocycles. The second-order valence-corrected chi connectivity index (χ2v) is 5.87. The first-order valence-electron chi connectivity index (χ1n) is 6.96. The monoisotopic (exact) mass is 282 g/mol. The second kappa shape index (κ2) is 4.64. The van der Waals surface area contributed by atoms with Gasteiger partial charge < -0.3 is 5.32 Å². The van der Waals surface area contributed by atoms with Gasteiger partial charge in [0.05, 0.1) is 16.8 Å². The van der Waals surface area contributed by atoms with Crippen molar-refractivity contribution in [1.82, 2.24) is 4.98 Å². The molecule has 1 N–H and O–H groups in total. The van der Waals surface area contributed by atoms with E-state index in [4.69, 9.17) is 11.6 Å². The Morgan fingerprint density at radius 3 is 2.85 bits per heavy atom. The van der Waals surface area contributed by atoms with E-state index in [0.29, 0.717) is 17.9 Å². The Morgan fingerprint density at radius 1 is 1.15 bits per heavy atom. The van der Waals surface area contributed by atoms with Crippen molar-refractivity contribution in [2.45, 2.75) is 18.4 Å². The number of anilines is 1. The van der Waals surface area contributed by atoms with Crippen molar-refractivity contribution in [2.24, 2.45) is 5.92 Å². The number of pyridine rings is 1. The molecule has 3 atom stereocenters. The highest BCUT2D eigenvalue weighted by atomic mass is 35.5. The highest BCUT2D eigenvalue weighted by Gasteiger charge is 2.38. The van der Waals surface area contributed by atoms with Crippen LogP contribution in [0.25, 0.3) is 0 Å². The maximum Gasteiger partial charge on any atom is 0.0640 e. The van der Waals surface area contributed by atoms with Crippen molar-refractivity contribution in [2.75, 3.05) is 5.32 Å². The van der Waals surface area contributed by atoms with E-state index in [-0.39, 0.29) is 0 Å². The Morgan fingerprint density at radius 2 is 2.00 bits per heavy atom. The van der Waals surface area contributed by atoms with E-state index in [9.17, 15) is 0 Å². The van der Waals surface area contributed by atoms with Crippen LogP contribution in [0.2, 0.25) is 5.02 Å². The van der Waals surface area contributed by atoms with Crippen LogP contribution < -0.4 is 5.32 Å². The lowest BCUT2D eigenvalue weighted by molar-refractivity contribution is 0.425. The van der Waals surface area contributed by atoms with Crippen LogP contribution in [0.1, 0.15) is 29.5 Å². The van der Waals surface area contributed by atoms with Crippen molar-refractivity contribution in [1.29, 1.82) is 0 Å². The maximum absolute atomic E-state index is 6.39. The average Bonchev–Trinajstić information content (AvgIpc) is 2.97. The maximum atomic E-state index is 6.39. The first kappa shape index (κ1) is 12.0. The molecule has 0 fully saturated rings. The van der Waals surface area contributed by atoms with Crippen molar-refractivity contribution in [3.63, 3.8) is 0 Å². The molecule has 2 aromatic rings. The lowest BCUT2D eigenvalue weighted by atomic mass is 9.77. The van der Waals surface area contributed by atoms with Gasteiger partial charge in [0.25, 0.3) is 0 Å². The number of para-hydroxylation sites is 1. The Kier molecular flexibility index (Phi) is 2.78. The molecule has 1 aromatic heterocycles. The van der Waals surface area contributed by atoms with Crippen LogP contribution >= 0.6 is 11.6 Å². The van der Waals surface area contributed by atoms with Crippen LogP contribution in [0.3, 0.4) is 0 Å². The van der Waals surface area contributed by atoms with E-state index in [1.807, 2.05) is 24.5 Å². The van der Waals surface area contributed by atoms with Gasteiger partial charge in [0.2, 0.25) is 0 Å². The molecule has 0 amide bonds. The topological polar surface area (TPSA) is 24.9 Å². The molecule has 0 saturated carbocycles. The van der Waals surface area contributed by atoms with Crippen molar-refractivity contribution >= 4 is 17.3 Å².